The summed E-state index contributed by atoms with van der Waals surface area (Å²) in [7, 11) is 0. The van der Waals surface area contributed by atoms with Crippen molar-refractivity contribution in [3.63, 3.8) is 0 Å². The van der Waals surface area contributed by atoms with Crippen LogP contribution in [0.1, 0.15) is 16.8 Å². The lowest BCUT2D eigenvalue weighted by molar-refractivity contribution is -0.132. The Balaban J connectivity index is 2.08. The second-order valence-corrected chi connectivity index (χ2v) is 5.79. The Bertz CT molecular complexity index is 856. The third-order valence-electron chi connectivity index (χ3n) is 4.05. The molecule has 0 radical (unpaired) electrons. The fourth-order valence-electron chi connectivity index (χ4n) is 2.82. The van der Waals surface area contributed by atoms with E-state index in [-0.39, 0.29) is 0 Å². The highest BCUT2D eigenvalue weighted by molar-refractivity contribution is 5.97. The second-order valence-electron chi connectivity index (χ2n) is 5.79. The quantitative estimate of drug-likeness (QED) is 0.682. The molecule has 0 saturated carbocycles. The van der Waals surface area contributed by atoms with Gasteiger partial charge in [0.15, 0.2) is 0 Å². The third-order valence-corrected chi connectivity index (χ3v) is 4.05. The van der Waals surface area contributed by atoms with Crippen LogP contribution in [0.25, 0.3) is 5.57 Å². The number of hydrogen-bond donors (Lipinski definition) is 1. The summed E-state index contributed by atoms with van der Waals surface area (Å²) in [5.41, 5.74) is 3.96. The van der Waals surface area contributed by atoms with Crippen molar-refractivity contribution in [2.24, 2.45) is 0 Å². The molecule has 0 atom stereocenters. The number of carboxylic acids is 1. The van der Waals surface area contributed by atoms with Gasteiger partial charge in [-0.2, -0.15) is 0 Å². The molecule has 3 heteroatoms. The van der Waals surface area contributed by atoms with E-state index in [1.54, 1.807) is 6.20 Å². The van der Waals surface area contributed by atoms with Crippen LogP contribution in [0.5, 0.6) is 0 Å². The van der Waals surface area contributed by atoms with Crippen LogP contribution in [-0.4, -0.2) is 16.1 Å². The summed E-state index contributed by atoms with van der Waals surface area (Å²) in [5, 5.41) is 9.87. The first-order valence-electron chi connectivity index (χ1n) is 8.18. The van der Waals surface area contributed by atoms with Crippen LogP contribution in [0.2, 0.25) is 0 Å². The van der Waals surface area contributed by atoms with Gasteiger partial charge in [0.2, 0.25) is 0 Å². The van der Waals surface area contributed by atoms with Crippen LogP contribution in [0.15, 0.2) is 90.6 Å². The van der Waals surface area contributed by atoms with Gasteiger partial charge in [-0.15, -0.1) is 0 Å². The first kappa shape index (κ1) is 16.7. The van der Waals surface area contributed by atoms with Crippen molar-refractivity contribution >= 4 is 11.5 Å². The Labute approximate surface area is 147 Å². The van der Waals surface area contributed by atoms with E-state index in [9.17, 15) is 9.90 Å². The van der Waals surface area contributed by atoms with Crippen molar-refractivity contribution in [2.75, 3.05) is 0 Å². The number of aromatic nitrogens is 1. The zero-order valence-corrected chi connectivity index (χ0v) is 13.8. The minimum Gasteiger partial charge on any atom is -0.478 e. The van der Waals surface area contributed by atoms with E-state index in [0.717, 1.165) is 22.4 Å². The second kappa shape index (κ2) is 8.06. The zero-order valence-electron chi connectivity index (χ0n) is 13.8. The summed E-state index contributed by atoms with van der Waals surface area (Å²) >= 11 is 0. The number of hydrogen-bond acceptors (Lipinski definition) is 2. The van der Waals surface area contributed by atoms with Gasteiger partial charge in [-0.3, -0.25) is 4.98 Å². The number of nitrogens with zero attached hydrogens (tertiary/aromatic N) is 1. The molecule has 0 unspecified atom stereocenters. The van der Waals surface area contributed by atoms with E-state index in [1.165, 1.54) is 0 Å². The number of allylic oxidation sites excluding steroid dienone is 1. The van der Waals surface area contributed by atoms with Gasteiger partial charge in [0.25, 0.3) is 0 Å². The summed E-state index contributed by atoms with van der Waals surface area (Å²) in [5.74, 6) is -0.890. The number of aliphatic carboxylic acids is 1. The first-order chi connectivity index (χ1) is 12.2. The number of pyridine rings is 1. The molecule has 1 N–H and O–H groups in total. The van der Waals surface area contributed by atoms with E-state index in [4.69, 9.17) is 0 Å². The van der Waals surface area contributed by atoms with Crippen molar-refractivity contribution < 1.29 is 9.90 Å². The molecule has 1 heterocycles. The molecule has 1 aromatic heterocycles. The van der Waals surface area contributed by atoms with Gasteiger partial charge in [0, 0.05) is 30.3 Å². The molecule has 0 aliphatic heterocycles. The molecule has 3 aromatic rings. The maximum Gasteiger partial charge on any atom is 0.332 e. The summed E-state index contributed by atoms with van der Waals surface area (Å²) < 4.78 is 0. The fraction of sp³-hybridized carbons (Fsp3) is 0.0909. The van der Waals surface area contributed by atoms with Gasteiger partial charge in [0.1, 0.15) is 0 Å². The Kier molecular flexibility index (Phi) is 5.37. The smallest absolute Gasteiger partial charge is 0.332 e. The van der Waals surface area contributed by atoms with Gasteiger partial charge in [-0.05, 0) is 28.8 Å². The van der Waals surface area contributed by atoms with Gasteiger partial charge in [-0.25, -0.2) is 4.79 Å². The SMILES string of the molecule is O=C(O)C(Cc1ccccc1)=C(Cc1ccccn1)c1ccccc1. The molecular weight excluding hydrogens is 310 g/mol. The van der Waals surface area contributed by atoms with Crippen LogP contribution in [0.4, 0.5) is 0 Å². The highest BCUT2D eigenvalue weighted by Crippen LogP contribution is 2.25. The molecule has 2 aromatic carbocycles. The van der Waals surface area contributed by atoms with E-state index < -0.39 is 5.97 Å². The van der Waals surface area contributed by atoms with Gasteiger partial charge < -0.3 is 5.11 Å². The number of benzene rings is 2. The minimum absolute atomic E-state index is 0.382. The molecule has 0 aliphatic carbocycles. The first-order valence-corrected chi connectivity index (χ1v) is 8.18. The largest absolute Gasteiger partial charge is 0.478 e. The number of carboxylic acid groups (broad SMARTS) is 1. The average Bonchev–Trinajstić information content (AvgIpc) is 2.67. The maximum absolute atomic E-state index is 12.0. The Hall–Kier alpha value is -3.20. The molecule has 0 amide bonds. The topological polar surface area (TPSA) is 50.2 Å². The predicted molar refractivity (Wildman–Crippen MR) is 99.1 cm³/mol. The van der Waals surface area contributed by atoms with Crippen molar-refractivity contribution in [1.82, 2.24) is 4.98 Å². The Morgan fingerprint density at radius 2 is 1.44 bits per heavy atom. The lowest BCUT2D eigenvalue weighted by Gasteiger charge is -2.13. The maximum atomic E-state index is 12.0. The van der Waals surface area contributed by atoms with Crippen LogP contribution < -0.4 is 0 Å². The van der Waals surface area contributed by atoms with Gasteiger partial charge >= 0.3 is 5.97 Å². The van der Waals surface area contributed by atoms with Gasteiger partial charge in [0.05, 0.1) is 0 Å². The molecule has 3 nitrogen and oxygen atoms in total. The van der Waals surface area contributed by atoms with Crippen molar-refractivity contribution in [1.29, 1.82) is 0 Å². The van der Waals surface area contributed by atoms with Crippen LogP contribution in [-0.2, 0) is 17.6 Å². The van der Waals surface area contributed by atoms with E-state index in [2.05, 4.69) is 4.98 Å². The molecule has 3 rings (SSSR count). The van der Waals surface area contributed by atoms with E-state index in [1.807, 2.05) is 78.9 Å². The summed E-state index contributed by atoms with van der Waals surface area (Å²) in [4.78, 5) is 16.4. The van der Waals surface area contributed by atoms with Gasteiger partial charge in [-0.1, -0.05) is 66.7 Å². The summed E-state index contributed by atoms with van der Waals surface area (Å²) in [6.07, 6.45) is 2.60. The average molecular weight is 329 g/mol. The third kappa shape index (κ3) is 4.42. The van der Waals surface area contributed by atoms with Crippen LogP contribution >= 0.6 is 0 Å². The van der Waals surface area contributed by atoms with E-state index in [0.29, 0.717) is 18.4 Å². The fourth-order valence-corrected chi connectivity index (χ4v) is 2.82. The predicted octanol–water partition coefficient (Wildman–Crippen LogP) is 4.41. The molecule has 124 valence electrons. The van der Waals surface area contributed by atoms with Crippen LogP contribution in [0.3, 0.4) is 0 Å². The summed E-state index contributed by atoms with van der Waals surface area (Å²) in [6, 6.07) is 25.1. The molecular formula is C22H19NO2. The molecule has 0 spiro atoms. The molecule has 25 heavy (non-hydrogen) atoms. The lowest BCUT2D eigenvalue weighted by Crippen LogP contribution is -2.09. The van der Waals surface area contributed by atoms with Crippen molar-refractivity contribution in [3.05, 3.63) is 107 Å². The molecule has 0 bridgehead atoms. The lowest BCUT2D eigenvalue weighted by atomic mass is 9.91. The monoisotopic (exact) mass is 329 g/mol. The molecule has 0 saturated heterocycles. The zero-order chi connectivity index (χ0) is 17.5. The van der Waals surface area contributed by atoms with Crippen LogP contribution in [0, 0.1) is 0 Å². The summed E-state index contributed by atoms with van der Waals surface area (Å²) in [6.45, 7) is 0. The molecule has 0 fully saturated rings. The highest BCUT2D eigenvalue weighted by atomic mass is 16.4. The Morgan fingerprint density at radius 3 is 2.04 bits per heavy atom. The number of carbonyl (C=O) groups is 1. The standard InChI is InChI=1S/C22H19NO2/c24-22(25)21(15-17-9-3-1-4-10-17)20(18-11-5-2-6-12-18)16-19-13-7-8-14-23-19/h1-14H,15-16H2,(H,24,25). The Morgan fingerprint density at radius 1 is 0.800 bits per heavy atom. The normalized spacial score (nSPS) is 11.7. The highest BCUT2D eigenvalue weighted by Gasteiger charge is 2.17. The van der Waals surface area contributed by atoms with Crippen molar-refractivity contribution in [2.45, 2.75) is 12.8 Å². The number of rotatable bonds is 6. The minimum atomic E-state index is -0.890. The molecule has 0 aliphatic rings. The van der Waals surface area contributed by atoms with E-state index >= 15 is 0 Å². The van der Waals surface area contributed by atoms with Crippen molar-refractivity contribution in [3.8, 4) is 0 Å².